The Morgan fingerprint density at radius 3 is 2.71 bits per heavy atom. The molecule has 7 heteroatoms. The van der Waals surface area contributed by atoms with Crippen LogP contribution >= 0.6 is 0 Å². The van der Waals surface area contributed by atoms with Crippen LogP contribution in [0, 0.1) is 6.92 Å². The number of hydrogen-bond acceptors (Lipinski definition) is 4. The molecule has 0 radical (unpaired) electrons. The molecule has 2 aromatic heterocycles. The predicted molar refractivity (Wildman–Crippen MR) is 112 cm³/mol. The summed E-state index contributed by atoms with van der Waals surface area (Å²) >= 11 is 0. The van der Waals surface area contributed by atoms with Crippen molar-refractivity contribution in [2.45, 2.75) is 53.1 Å². The van der Waals surface area contributed by atoms with Gasteiger partial charge in [0.1, 0.15) is 18.1 Å². The second-order valence-electron chi connectivity index (χ2n) is 7.79. The first kappa shape index (κ1) is 19.9. The van der Waals surface area contributed by atoms with Gasteiger partial charge in [0.15, 0.2) is 5.96 Å². The van der Waals surface area contributed by atoms with Gasteiger partial charge in [0.25, 0.3) is 0 Å². The number of aliphatic imine (C=N–C) groups is 1. The van der Waals surface area contributed by atoms with Crippen LogP contribution in [-0.2, 0) is 18.5 Å². The summed E-state index contributed by atoms with van der Waals surface area (Å²) in [4.78, 5) is 13.5. The lowest BCUT2D eigenvalue weighted by Crippen LogP contribution is -2.38. The van der Waals surface area contributed by atoms with Crippen molar-refractivity contribution >= 4 is 17.0 Å². The van der Waals surface area contributed by atoms with E-state index in [1.165, 1.54) is 0 Å². The summed E-state index contributed by atoms with van der Waals surface area (Å²) in [5, 5.41) is 6.65. The molecule has 0 bridgehead atoms. The number of benzene rings is 1. The Bertz CT molecular complexity index is 947. The number of nitrogens with zero attached hydrogens (tertiary/aromatic N) is 4. The highest BCUT2D eigenvalue weighted by Crippen LogP contribution is 2.22. The van der Waals surface area contributed by atoms with E-state index in [-0.39, 0.29) is 5.41 Å². The summed E-state index contributed by atoms with van der Waals surface area (Å²) in [7, 11) is 0. The van der Waals surface area contributed by atoms with Gasteiger partial charge in [0.05, 0.1) is 17.2 Å². The number of nitrogens with one attached hydrogen (secondary N) is 2. The van der Waals surface area contributed by atoms with Crippen molar-refractivity contribution in [2.75, 3.05) is 13.1 Å². The first-order valence-electron chi connectivity index (χ1n) is 9.77. The van der Waals surface area contributed by atoms with Crippen LogP contribution < -0.4 is 10.6 Å². The van der Waals surface area contributed by atoms with Gasteiger partial charge < -0.3 is 19.6 Å². The molecule has 0 saturated carbocycles. The van der Waals surface area contributed by atoms with Crippen LogP contribution in [0.4, 0.5) is 0 Å². The van der Waals surface area contributed by atoms with Crippen molar-refractivity contribution in [3.63, 3.8) is 0 Å². The number of hydrogen-bond donors (Lipinski definition) is 2. The Morgan fingerprint density at radius 1 is 1.21 bits per heavy atom. The van der Waals surface area contributed by atoms with Crippen molar-refractivity contribution < 1.29 is 4.42 Å². The number of fused-ring (bicyclic) bond motifs is 1. The minimum absolute atomic E-state index is 0.0524. The topological polar surface area (TPSA) is 80.3 Å². The van der Waals surface area contributed by atoms with Crippen LogP contribution in [0.5, 0.6) is 0 Å². The minimum Gasteiger partial charge on any atom is -0.443 e. The maximum atomic E-state index is 5.82. The Morgan fingerprint density at radius 2 is 2.00 bits per heavy atom. The number of imidazole rings is 1. The molecule has 0 amide bonds. The van der Waals surface area contributed by atoms with Crippen molar-refractivity contribution in [1.29, 1.82) is 0 Å². The van der Waals surface area contributed by atoms with E-state index in [1.54, 1.807) is 6.20 Å². The fourth-order valence-corrected chi connectivity index (χ4v) is 2.98. The second kappa shape index (κ2) is 8.46. The lowest BCUT2D eigenvalue weighted by molar-refractivity contribution is 0.383. The lowest BCUT2D eigenvalue weighted by atomic mass is 9.94. The largest absolute Gasteiger partial charge is 0.443 e. The standard InChI is InChI=1S/C21H30N6O/c1-6-22-20(25-14-19-24-13-18(28-19)21(3,4)5)23-11-12-27-15(2)26-16-9-7-8-10-17(16)27/h7-10,13H,6,11-12,14H2,1-5H3,(H2,22,23,25). The molecular weight excluding hydrogens is 352 g/mol. The highest BCUT2D eigenvalue weighted by Gasteiger charge is 2.19. The van der Waals surface area contributed by atoms with Gasteiger partial charge in [0, 0.05) is 25.0 Å². The summed E-state index contributed by atoms with van der Waals surface area (Å²) in [6, 6.07) is 8.20. The average Bonchev–Trinajstić information content (AvgIpc) is 3.24. The highest BCUT2D eigenvalue weighted by molar-refractivity contribution is 5.79. The first-order chi connectivity index (χ1) is 13.4. The molecule has 0 aliphatic heterocycles. The Labute approximate surface area is 166 Å². The zero-order chi connectivity index (χ0) is 20.1. The van der Waals surface area contributed by atoms with E-state index in [1.807, 2.05) is 32.0 Å². The SMILES string of the molecule is CCNC(=NCc1ncc(C(C)(C)C)o1)NCCn1c(C)nc2ccccc21. The lowest BCUT2D eigenvalue weighted by Gasteiger charge is -2.13. The zero-order valence-corrected chi connectivity index (χ0v) is 17.4. The molecule has 2 N–H and O–H groups in total. The molecule has 7 nitrogen and oxygen atoms in total. The number of aryl methyl sites for hydroxylation is 1. The fourth-order valence-electron chi connectivity index (χ4n) is 2.98. The van der Waals surface area contributed by atoms with Gasteiger partial charge in [-0.1, -0.05) is 32.9 Å². The molecule has 0 atom stereocenters. The molecule has 28 heavy (non-hydrogen) atoms. The molecule has 3 aromatic rings. The van der Waals surface area contributed by atoms with Crippen molar-refractivity contribution in [1.82, 2.24) is 25.2 Å². The number of rotatable bonds is 6. The fraction of sp³-hybridized carbons (Fsp3) is 0.476. The second-order valence-corrected chi connectivity index (χ2v) is 7.79. The van der Waals surface area contributed by atoms with Crippen molar-refractivity contribution in [3.8, 4) is 0 Å². The van der Waals surface area contributed by atoms with Gasteiger partial charge in [-0.05, 0) is 26.0 Å². The summed E-state index contributed by atoms with van der Waals surface area (Å²) in [5.74, 6) is 3.26. The summed E-state index contributed by atoms with van der Waals surface area (Å²) in [6.45, 7) is 13.1. The zero-order valence-electron chi connectivity index (χ0n) is 17.4. The summed E-state index contributed by atoms with van der Waals surface area (Å²) < 4.78 is 8.04. The average molecular weight is 383 g/mol. The minimum atomic E-state index is -0.0524. The molecule has 0 aliphatic rings. The number of guanidine groups is 1. The van der Waals surface area contributed by atoms with E-state index in [2.05, 4.69) is 57.0 Å². The molecule has 0 spiro atoms. The normalized spacial score (nSPS) is 12.5. The predicted octanol–water partition coefficient (Wildman–Crippen LogP) is 3.39. The van der Waals surface area contributed by atoms with E-state index in [0.717, 1.165) is 48.2 Å². The van der Waals surface area contributed by atoms with Crippen LogP contribution in [0.3, 0.4) is 0 Å². The van der Waals surface area contributed by atoms with Crippen LogP contribution in [0.15, 0.2) is 39.9 Å². The van der Waals surface area contributed by atoms with E-state index in [0.29, 0.717) is 12.4 Å². The van der Waals surface area contributed by atoms with Gasteiger partial charge in [-0.3, -0.25) is 0 Å². The maximum absolute atomic E-state index is 5.82. The third-order valence-electron chi connectivity index (χ3n) is 4.48. The smallest absolute Gasteiger partial charge is 0.216 e. The molecule has 0 saturated heterocycles. The van der Waals surface area contributed by atoms with Crippen molar-refractivity contribution in [2.24, 2.45) is 4.99 Å². The number of aromatic nitrogens is 3. The molecule has 0 fully saturated rings. The summed E-state index contributed by atoms with van der Waals surface area (Å²) in [5.41, 5.74) is 2.13. The number of para-hydroxylation sites is 2. The van der Waals surface area contributed by atoms with Gasteiger partial charge in [0.2, 0.25) is 5.89 Å². The number of oxazole rings is 1. The molecule has 150 valence electrons. The van der Waals surface area contributed by atoms with Crippen LogP contribution in [-0.4, -0.2) is 33.6 Å². The van der Waals surface area contributed by atoms with Crippen LogP contribution in [0.2, 0.25) is 0 Å². The molecular formula is C21H30N6O. The molecule has 0 unspecified atom stereocenters. The van der Waals surface area contributed by atoms with E-state index in [4.69, 9.17) is 4.42 Å². The molecule has 3 rings (SSSR count). The Kier molecular flexibility index (Phi) is 6.02. The van der Waals surface area contributed by atoms with Gasteiger partial charge >= 0.3 is 0 Å². The van der Waals surface area contributed by atoms with Crippen LogP contribution in [0.25, 0.3) is 11.0 Å². The molecule has 2 heterocycles. The summed E-state index contributed by atoms with van der Waals surface area (Å²) in [6.07, 6.45) is 1.79. The molecule has 1 aromatic carbocycles. The van der Waals surface area contributed by atoms with E-state index < -0.39 is 0 Å². The van der Waals surface area contributed by atoms with Gasteiger partial charge in [-0.25, -0.2) is 15.0 Å². The third-order valence-corrected chi connectivity index (χ3v) is 4.48. The first-order valence-corrected chi connectivity index (χ1v) is 9.77. The highest BCUT2D eigenvalue weighted by atomic mass is 16.4. The Hall–Kier alpha value is -2.83. The quantitative estimate of drug-likeness (QED) is 0.505. The van der Waals surface area contributed by atoms with Gasteiger partial charge in [-0.2, -0.15) is 0 Å². The van der Waals surface area contributed by atoms with Crippen LogP contribution in [0.1, 0.15) is 45.2 Å². The van der Waals surface area contributed by atoms with E-state index in [9.17, 15) is 0 Å². The molecule has 0 aliphatic carbocycles. The Balaban J connectivity index is 1.62. The maximum Gasteiger partial charge on any atom is 0.216 e. The van der Waals surface area contributed by atoms with E-state index >= 15 is 0 Å². The third kappa shape index (κ3) is 4.71. The van der Waals surface area contributed by atoms with Crippen molar-refractivity contribution in [3.05, 3.63) is 47.9 Å². The monoisotopic (exact) mass is 382 g/mol. The van der Waals surface area contributed by atoms with Gasteiger partial charge in [-0.15, -0.1) is 0 Å².